The minimum atomic E-state index is -0.417. The fourth-order valence-electron chi connectivity index (χ4n) is 2.40. The maximum Gasteiger partial charge on any atom is 0.293 e. The molecule has 0 aliphatic heterocycles. The van der Waals surface area contributed by atoms with Gasteiger partial charge in [-0.05, 0) is 73.6 Å². The Hall–Kier alpha value is -2.63. The van der Waals surface area contributed by atoms with Crippen molar-refractivity contribution >= 4 is 40.5 Å². The number of benzene rings is 2. The highest BCUT2D eigenvalue weighted by Crippen LogP contribution is 2.24. The molecule has 2 aromatic carbocycles. The second-order valence-electron chi connectivity index (χ2n) is 5.88. The van der Waals surface area contributed by atoms with Crippen molar-refractivity contribution in [2.45, 2.75) is 13.8 Å². The molecule has 0 atom stereocenters. The van der Waals surface area contributed by atoms with Crippen LogP contribution >= 0.6 is 23.8 Å². The van der Waals surface area contributed by atoms with E-state index in [0.29, 0.717) is 16.5 Å². The highest BCUT2D eigenvalue weighted by atomic mass is 35.5. The summed E-state index contributed by atoms with van der Waals surface area (Å²) in [5.41, 5.74) is 3.98. The van der Waals surface area contributed by atoms with Crippen LogP contribution in [-0.4, -0.2) is 11.0 Å². The summed E-state index contributed by atoms with van der Waals surface area (Å²) >= 11 is 11.1. The molecule has 1 amide bonds. The lowest BCUT2D eigenvalue weighted by Crippen LogP contribution is -2.33. The molecule has 1 heterocycles. The normalized spacial score (nSPS) is 10.4. The molecule has 6 heteroatoms. The number of furan rings is 1. The van der Waals surface area contributed by atoms with Crippen LogP contribution in [0.4, 0.5) is 5.69 Å². The van der Waals surface area contributed by atoms with Crippen molar-refractivity contribution in [3.05, 3.63) is 76.5 Å². The number of amides is 1. The molecule has 132 valence electrons. The third-order valence-corrected chi connectivity index (χ3v) is 4.37. The molecule has 0 saturated heterocycles. The van der Waals surface area contributed by atoms with Gasteiger partial charge in [-0.1, -0.05) is 29.8 Å². The Kier molecular flexibility index (Phi) is 5.40. The predicted octanol–water partition coefficient (Wildman–Crippen LogP) is 5.34. The van der Waals surface area contributed by atoms with Crippen LogP contribution < -0.4 is 10.6 Å². The van der Waals surface area contributed by atoms with Gasteiger partial charge in [0.1, 0.15) is 5.76 Å². The minimum absolute atomic E-state index is 0.168. The van der Waals surface area contributed by atoms with E-state index in [1.165, 1.54) is 5.56 Å². The van der Waals surface area contributed by atoms with E-state index in [1.807, 2.05) is 32.0 Å². The summed E-state index contributed by atoms with van der Waals surface area (Å²) in [6.07, 6.45) is 0. The molecule has 4 nitrogen and oxygen atoms in total. The number of anilines is 1. The highest BCUT2D eigenvalue weighted by Gasteiger charge is 2.14. The Morgan fingerprint density at radius 1 is 1.04 bits per heavy atom. The summed E-state index contributed by atoms with van der Waals surface area (Å²) in [6.45, 7) is 4.09. The van der Waals surface area contributed by atoms with Gasteiger partial charge in [0.25, 0.3) is 5.91 Å². The van der Waals surface area contributed by atoms with Crippen molar-refractivity contribution in [3.8, 4) is 11.3 Å². The van der Waals surface area contributed by atoms with E-state index >= 15 is 0 Å². The summed E-state index contributed by atoms with van der Waals surface area (Å²) in [4.78, 5) is 12.3. The van der Waals surface area contributed by atoms with E-state index < -0.39 is 5.91 Å². The molecular formula is C20H17ClN2O2S. The summed E-state index contributed by atoms with van der Waals surface area (Å²) in [5.74, 6) is 0.403. The van der Waals surface area contributed by atoms with Crippen molar-refractivity contribution < 1.29 is 9.21 Å². The lowest BCUT2D eigenvalue weighted by Gasteiger charge is -2.08. The van der Waals surface area contributed by atoms with Crippen LogP contribution in [0.5, 0.6) is 0 Å². The van der Waals surface area contributed by atoms with Gasteiger partial charge >= 0.3 is 0 Å². The smallest absolute Gasteiger partial charge is 0.293 e. The summed E-state index contributed by atoms with van der Waals surface area (Å²) in [6, 6.07) is 16.5. The van der Waals surface area contributed by atoms with Crippen molar-refractivity contribution in [1.29, 1.82) is 0 Å². The minimum Gasteiger partial charge on any atom is -0.451 e. The number of aryl methyl sites for hydroxylation is 2. The largest absolute Gasteiger partial charge is 0.451 e. The monoisotopic (exact) mass is 384 g/mol. The van der Waals surface area contributed by atoms with E-state index in [4.69, 9.17) is 28.2 Å². The Morgan fingerprint density at radius 3 is 2.58 bits per heavy atom. The van der Waals surface area contributed by atoms with Crippen molar-refractivity contribution in [1.82, 2.24) is 5.32 Å². The third-order valence-electron chi connectivity index (χ3n) is 3.93. The zero-order valence-corrected chi connectivity index (χ0v) is 15.9. The first-order valence-corrected chi connectivity index (χ1v) is 8.76. The molecule has 0 spiro atoms. The first-order chi connectivity index (χ1) is 12.4. The number of nitrogens with one attached hydrogen (secondary N) is 2. The Bertz CT molecular complexity index is 981. The van der Waals surface area contributed by atoms with Gasteiger partial charge in [0.15, 0.2) is 10.9 Å². The first kappa shape index (κ1) is 18.2. The van der Waals surface area contributed by atoms with Crippen LogP contribution in [0.25, 0.3) is 11.3 Å². The highest BCUT2D eigenvalue weighted by molar-refractivity contribution is 7.80. The molecule has 0 saturated carbocycles. The Labute approximate surface area is 162 Å². The zero-order chi connectivity index (χ0) is 18.7. The van der Waals surface area contributed by atoms with E-state index in [0.717, 1.165) is 11.1 Å². The standard InChI is InChI=1S/C20H17ClN2O2S/c1-12-6-7-14(10-13(12)2)17-8-9-18(25-17)19(24)23-20(26)22-16-5-3-4-15(21)11-16/h3-11H,1-2H3,(H2,22,23,24,26). The lowest BCUT2D eigenvalue weighted by atomic mass is 10.1. The van der Waals surface area contributed by atoms with Crippen LogP contribution in [0.1, 0.15) is 21.7 Å². The maximum absolute atomic E-state index is 12.3. The van der Waals surface area contributed by atoms with E-state index in [1.54, 1.807) is 36.4 Å². The number of thiocarbonyl (C=S) groups is 1. The topological polar surface area (TPSA) is 54.3 Å². The van der Waals surface area contributed by atoms with Gasteiger partial charge in [-0.2, -0.15) is 0 Å². The Morgan fingerprint density at radius 2 is 1.85 bits per heavy atom. The van der Waals surface area contributed by atoms with Gasteiger partial charge in [0, 0.05) is 16.3 Å². The maximum atomic E-state index is 12.3. The first-order valence-electron chi connectivity index (χ1n) is 7.98. The number of halogens is 1. The van der Waals surface area contributed by atoms with Crippen molar-refractivity contribution in [3.63, 3.8) is 0 Å². The van der Waals surface area contributed by atoms with Crippen LogP contribution in [0.15, 0.2) is 59.0 Å². The SMILES string of the molecule is Cc1ccc(-c2ccc(C(=O)NC(=S)Nc3cccc(Cl)c3)o2)cc1C. The second-order valence-corrected chi connectivity index (χ2v) is 6.73. The Balaban J connectivity index is 1.67. The van der Waals surface area contributed by atoms with Crippen LogP contribution in [0, 0.1) is 13.8 Å². The predicted molar refractivity (Wildman–Crippen MR) is 109 cm³/mol. The second kappa shape index (κ2) is 7.72. The molecule has 26 heavy (non-hydrogen) atoms. The van der Waals surface area contributed by atoms with Gasteiger partial charge in [0.05, 0.1) is 0 Å². The summed E-state index contributed by atoms with van der Waals surface area (Å²) in [5, 5.41) is 6.25. The summed E-state index contributed by atoms with van der Waals surface area (Å²) in [7, 11) is 0. The zero-order valence-electron chi connectivity index (χ0n) is 14.3. The molecule has 0 aliphatic carbocycles. The van der Waals surface area contributed by atoms with Gasteiger partial charge in [-0.3, -0.25) is 10.1 Å². The average Bonchev–Trinajstić information content (AvgIpc) is 3.07. The molecule has 3 rings (SSSR count). The molecule has 3 aromatic rings. The molecule has 0 fully saturated rings. The van der Waals surface area contributed by atoms with Gasteiger partial charge in [-0.15, -0.1) is 0 Å². The van der Waals surface area contributed by atoms with E-state index in [9.17, 15) is 4.79 Å². The fraction of sp³-hybridized carbons (Fsp3) is 0.100. The van der Waals surface area contributed by atoms with Crippen molar-refractivity contribution in [2.75, 3.05) is 5.32 Å². The number of carbonyl (C=O) groups excluding carboxylic acids is 1. The van der Waals surface area contributed by atoms with Crippen LogP contribution in [0.3, 0.4) is 0 Å². The number of carbonyl (C=O) groups is 1. The molecule has 0 unspecified atom stereocenters. The van der Waals surface area contributed by atoms with E-state index in [-0.39, 0.29) is 10.9 Å². The molecular weight excluding hydrogens is 368 g/mol. The number of hydrogen-bond acceptors (Lipinski definition) is 3. The quantitative estimate of drug-likeness (QED) is 0.598. The van der Waals surface area contributed by atoms with Gasteiger partial charge in [-0.25, -0.2) is 0 Å². The van der Waals surface area contributed by atoms with Gasteiger partial charge < -0.3 is 9.73 Å². The molecule has 1 aromatic heterocycles. The number of hydrogen-bond donors (Lipinski definition) is 2. The fourth-order valence-corrected chi connectivity index (χ4v) is 2.80. The molecule has 2 N–H and O–H groups in total. The molecule has 0 aliphatic rings. The lowest BCUT2D eigenvalue weighted by molar-refractivity contribution is 0.0951. The van der Waals surface area contributed by atoms with Gasteiger partial charge in [0.2, 0.25) is 0 Å². The molecule has 0 radical (unpaired) electrons. The van der Waals surface area contributed by atoms with Crippen LogP contribution in [0.2, 0.25) is 5.02 Å². The van der Waals surface area contributed by atoms with Crippen molar-refractivity contribution in [2.24, 2.45) is 0 Å². The number of rotatable bonds is 3. The summed E-state index contributed by atoms with van der Waals surface area (Å²) < 4.78 is 5.68. The average molecular weight is 385 g/mol. The third kappa shape index (κ3) is 4.31. The van der Waals surface area contributed by atoms with Crippen LogP contribution in [-0.2, 0) is 0 Å². The molecule has 0 bridgehead atoms. The van der Waals surface area contributed by atoms with E-state index in [2.05, 4.69) is 10.6 Å².